The van der Waals surface area contributed by atoms with Crippen molar-refractivity contribution in [1.82, 2.24) is 9.88 Å². The second-order valence-corrected chi connectivity index (χ2v) is 5.85. The maximum atomic E-state index is 12.0. The number of aryl methyl sites for hydroxylation is 1. The van der Waals surface area contributed by atoms with Gasteiger partial charge in [-0.15, -0.1) is 0 Å². The minimum atomic E-state index is -0.0248. The summed E-state index contributed by atoms with van der Waals surface area (Å²) in [6, 6.07) is 12.6. The first-order valence-electron chi connectivity index (χ1n) is 8.29. The highest BCUT2D eigenvalue weighted by Crippen LogP contribution is 2.21. The van der Waals surface area contributed by atoms with E-state index in [4.69, 9.17) is 0 Å². The Hall–Kier alpha value is -2.29. The summed E-state index contributed by atoms with van der Waals surface area (Å²) < 4.78 is 2.21. The zero-order valence-electron chi connectivity index (χ0n) is 14.5. The van der Waals surface area contributed by atoms with E-state index in [1.54, 1.807) is 6.08 Å². The molecule has 1 aromatic carbocycles. The second-order valence-electron chi connectivity index (χ2n) is 5.85. The Morgan fingerprint density at radius 2 is 1.83 bits per heavy atom. The van der Waals surface area contributed by atoms with Gasteiger partial charge in [0.15, 0.2) is 0 Å². The molecule has 0 aliphatic rings. The van der Waals surface area contributed by atoms with Crippen molar-refractivity contribution in [3.63, 3.8) is 0 Å². The van der Waals surface area contributed by atoms with Gasteiger partial charge in [0.05, 0.1) is 0 Å². The Morgan fingerprint density at radius 3 is 2.43 bits per heavy atom. The molecule has 1 heterocycles. The van der Waals surface area contributed by atoms with Gasteiger partial charge in [-0.25, -0.2) is 0 Å². The van der Waals surface area contributed by atoms with Gasteiger partial charge in [-0.2, -0.15) is 0 Å². The highest BCUT2D eigenvalue weighted by Gasteiger charge is 2.09. The Labute approximate surface area is 139 Å². The molecule has 1 amide bonds. The van der Waals surface area contributed by atoms with Gasteiger partial charge in [-0.1, -0.05) is 32.0 Å². The molecule has 0 bridgehead atoms. The zero-order chi connectivity index (χ0) is 16.8. The maximum Gasteiger partial charge on any atom is 0.244 e. The predicted molar refractivity (Wildman–Crippen MR) is 96.8 cm³/mol. The lowest BCUT2D eigenvalue weighted by molar-refractivity contribution is -0.117. The molecule has 0 aliphatic heterocycles. The van der Waals surface area contributed by atoms with Crippen LogP contribution in [0.25, 0.3) is 11.8 Å². The first-order chi connectivity index (χ1) is 11.1. The van der Waals surface area contributed by atoms with Crippen LogP contribution in [0.2, 0.25) is 0 Å². The van der Waals surface area contributed by atoms with Crippen molar-refractivity contribution < 1.29 is 4.79 Å². The first kappa shape index (κ1) is 17.1. The summed E-state index contributed by atoms with van der Waals surface area (Å²) in [7, 11) is 0. The fraction of sp³-hybridized carbons (Fsp3) is 0.350. The van der Waals surface area contributed by atoms with E-state index in [0.29, 0.717) is 0 Å². The zero-order valence-corrected chi connectivity index (χ0v) is 14.5. The third-order valence-electron chi connectivity index (χ3n) is 4.23. The van der Waals surface area contributed by atoms with Gasteiger partial charge >= 0.3 is 0 Å². The fourth-order valence-electron chi connectivity index (χ4n) is 2.84. The van der Waals surface area contributed by atoms with Gasteiger partial charge in [-0.3, -0.25) is 4.79 Å². The van der Waals surface area contributed by atoms with Crippen LogP contribution in [0.15, 0.2) is 42.5 Å². The maximum absolute atomic E-state index is 12.0. The number of rotatable bonds is 6. The number of para-hydroxylation sites is 1. The Kier molecular flexibility index (Phi) is 5.80. The van der Waals surface area contributed by atoms with Crippen LogP contribution in [0.5, 0.6) is 0 Å². The summed E-state index contributed by atoms with van der Waals surface area (Å²) in [6.07, 6.45) is 5.45. The highest BCUT2D eigenvalue weighted by molar-refractivity contribution is 5.92. The first-order valence-corrected chi connectivity index (χ1v) is 8.29. The lowest BCUT2D eigenvalue weighted by atomic mass is 10.1. The predicted octanol–water partition coefficient (Wildman–Crippen LogP) is 4.41. The molecule has 122 valence electrons. The van der Waals surface area contributed by atoms with E-state index in [1.807, 2.05) is 24.3 Å². The van der Waals surface area contributed by atoms with Crippen LogP contribution < -0.4 is 5.32 Å². The standard InChI is InChI=1S/C20H26N2O/c1-5-18(6-2)21-20(23)13-12-17-14-15(3)22(16(17)4)19-10-8-7-9-11-19/h7-14,18H,5-6H2,1-4H3,(H,21,23)/b13-12+. The van der Waals surface area contributed by atoms with Crippen molar-refractivity contribution >= 4 is 12.0 Å². The van der Waals surface area contributed by atoms with Crippen molar-refractivity contribution in [2.24, 2.45) is 0 Å². The second kappa shape index (κ2) is 7.82. The largest absolute Gasteiger partial charge is 0.350 e. The van der Waals surface area contributed by atoms with Crippen LogP contribution >= 0.6 is 0 Å². The average Bonchev–Trinajstić information content (AvgIpc) is 2.85. The number of carbonyl (C=O) groups is 1. The molecular weight excluding hydrogens is 284 g/mol. The van der Waals surface area contributed by atoms with Crippen LogP contribution in [0.3, 0.4) is 0 Å². The molecule has 0 unspecified atom stereocenters. The highest BCUT2D eigenvalue weighted by atomic mass is 16.1. The molecule has 0 saturated heterocycles. The molecule has 0 atom stereocenters. The number of nitrogens with one attached hydrogen (secondary N) is 1. The molecule has 2 aromatic rings. The molecule has 23 heavy (non-hydrogen) atoms. The van der Waals surface area contributed by atoms with Crippen LogP contribution in [0.4, 0.5) is 0 Å². The number of hydrogen-bond donors (Lipinski definition) is 1. The third-order valence-corrected chi connectivity index (χ3v) is 4.23. The van der Waals surface area contributed by atoms with Crippen LogP contribution in [0, 0.1) is 13.8 Å². The molecule has 0 fully saturated rings. The Morgan fingerprint density at radius 1 is 1.17 bits per heavy atom. The molecule has 0 spiro atoms. The van der Waals surface area contributed by atoms with E-state index in [0.717, 1.165) is 35.5 Å². The van der Waals surface area contributed by atoms with Crippen molar-refractivity contribution in [2.45, 2.75) is 46.6 Å². The van der Waals surface area contributed by atoms with E-state index in [-0.39, 0.29) is 11.9 Å². The Balaban J connectivity index is 2.19. The van der Waals surface area contributed by atoms with Gasteiger partial charge in [0.25, 0.3) is 0 Å². The van der Waals surface area contributed by atoms with Crippen molar-refractivity contribution in [2.75, 3.05) is 0 Å². The quantitative estimate of drug-likeness (QED) is 0.788. The minimum absolute atomic E-state index is 0.0248. The number of nitrogens with zero attached hydrogens (tertiary/aromatic N) is 1. The summed E-state index contributed by atoms with van der Waals surface area (Å²) in [5.41, 5.74) is 4.52. The van der Waals surface area contributed by atoms with E-state index >= 15 is 0 Å². The van der Waals surface area contributed by atoms with Crippen molar-refractivity contribution in [3.05, 3.63) is 59.4 Å². The van der Waals surface area contributed by atoms with Crippen LogP contribution in [-0.4, -0.2) is 16.5 Å². The average molecular weight is 310 g/mol. The molecule has 2 rings (SSSR count). The number of aromatic nitrogens is 1. The summed E-state index contributed by atoms with van der Waals surface area (Å²) in [5.74, 6) is -0.0248. The fourth-order valence-corrected chi connectivity index (χ4v) is 2.84. The smallest absolute Gasteiger partial charge is 0.244 e. The summed E-state index contributed by atoms with van der Waals surface area (Å²) >= 11 is 0. The van der Waals surface area contributed by atoms with Crippen LogP contribution in [0.1, 0.15) is 43.6 Å². The van der Waals surface area contributed by atoms with Crippen molar-refractivity contribution in [3.8, 4) is 5.69 Å². The number of benzene rings is 1. The van der Waals surface area contributed by atoms with E-state index < -0.39 is 0 Å². The normalized spacial score (nSPS) is 11.3. The van der Waals surface area contributed by atoms with Gasteiger partial charge in [0.1, 0.15) is 0 Å². The van der Waals surface area contributed by atoms with Gasteiger partial charge in [0, 0.05) is 29.2 Å². The lowest BCUT2D eigenvalue weighted by Gasteiger charge is -2.12. The number of hydrogen-bond acceptors (Lipinski definition) is 1. The number of amides is 1. The van der Waals surface area contributed by atoms with Crippen LogP contribution in [-0.2, 0) is 4.79 Å². The minimum Gasteiger partial charge on any atom is -0.350 e. The molecule has 0 aliphatic carbocycles. The van der Waals surface area contributed by atoms with Gasteiger partial charge in [-0.05, 0) is 56.5 Å². The third kappa shape index (κ3) is 4.13. The SMILES string of the molecule is CCC(CC)NC(=O)/C=C/c1cc(C)n(-c2ccccc2)c1C. The van der Waals surface area contributed by atoms with Gasteiger partial charge < -0.3 is 9.88 Å². The summed E-state index contributed by atoms with van der Waals surface area (Å²) in [4.78, 5) is 12.0. The summed E-state index contributed by atoms with van der Waals surface area (Å²) in [5, 5.41) is 3.03. The van der Waals surface area contributed by atoms with E-state index in [9.17, 15) is 4.79 Å². The molecule has 3 heteroatoms. The monoisotopic (exact) mass is 310 g/mol. The molecule has 0 saturated carbocycles. The molecule has 1 N–H and O–H groups in total. The molecule has 1 aromatic heterocycles. The lowest BCUT2D eigenvalue weighted by Crippen LogP contribution is -2.32. The van der Waals surface area contributed by atoms with E-state index in [2.05, 4.69) is 55.8 Å². The number of carbonyl (C=O) groups excluding carboxylic acids is 1. The Bertz CT molecular complexity index is 679. The molecule has 0 radical (unpaired) electrons. The molecular formula is C20H26N2O. The van der Waals surface area contributed by atoms with Gasteiger partial charge in [0.2, 0.25) is 5.91 Å². The topological polar surface area (TPSA) is 34.0 Å². The van der Waals surface area contributed by atoms with E-state index in [1.165, 1.54) is 0 Å². The van der Waals surface area contributed by atoms with Crippen molar-refractivity contribution in [1.29, 1.82) is 0 Å². The summed E-state index contributed by atoms with van der Waals surface area (Å²) in [6.45, 7) is 8.34. The molecule has 3 nitrogen and oxygen atoms in total.